The Balaban J connectivity index is 2.37. The van der Waals surface area contributed by atoms with Gasteiger partial charge in [-0.05, 0) is 37.5 Å². The number of carboxylic acids is 1. The lowest BCUT2D eigenvalue weighted by atomic mass is 9.87. The number of carbonyl (C=O) groups is 3. The Hall–Kier alpha value is -1.59. The molecule has 2 N–H and O–H groups in total. The van der Waals surface area contributed by atoms with Crippen LogP contribution in [0.25, 0.3) is 0 Å². The number of nitrogens with one attached hydrogen (secondary N) is 1. The van der Waals surface area contributed by atoms with Crippen LogP contribution in [0.2, 0.25) is 0 Å². The number of urea groups is 1. The smallest absolute Gasteiger partial charge is 0.324 e. The first-order valence-electron chi connectivity index (χ1n) is 7.58. The number of nitrogens with zero attached hydrogens (tertiary/aromatic N) is 1. The van der Waals surface area contributed by atoms with Crippen LogP contribution < -0.4 is 5.32 Å². The third-order valence-corrected chi connectivity index (χ3v) is 4.16. The zero-order valence-electron chi connectivity index (χ0n) is 13.1. The summed E-state index contributed by atoms with van der Waals surface area (Å²) in [6.45, 7) is 3.90. The van der Waals surface area contributed by atoms with Crippen LogP contribution in [0.15, 0.2) is 0 Å². The first kappa shape index (κ1) is 17.5. The van der Waals surface area contributed by atoms with Gasteiger partial charge in [-0.2, -0.15) is 0 Å². The third-order valence-electron chi connectivity index (χ3n) is 4.16. The Bertz CT molecular complexity index is 389. The molecule has 6 nitrogen and oxygen atoms in total. The maximum atomic E-state index is 12.0. The lowest BCUT2D eigenvalue weighted by Crippen LogP contribution is -2.47. The number of carboxylic acid groups (broad SMARTS) is 1. The van der Waals surface area contributed by atoms with E-state index in [1.54, 1.807) is 18.9 Å². The molecule has 0 aromatic rings. The van der Waals surface area contributed by atoms with Crippen molar-refractivity contribution in [2.24, 2.45) is 11.8 Å². The number of aliphatic carboxylic acids is 1. The summed E-state index contributed by atoms with van der Waals surface area (Å²) in [7, 11) is 1.71. The van der Waals surface area contributed by atoms with Crippen molar-refractivity contribution in [1.29, 1.82) is 0 Å². The predicted molar refractivity (Wildman–Crippen MR) is 78.8 cm³/mol. The highest BCUT2D eigenvalue weighted by Gasteiger charge is 2.26. The fourth-order valence-corrected chi connectivity index (χ4v) is 2.74. The number of rotatable bonds is 5. The van der Waals surface area contributed by atoms with E-state index in [0.29, 0.717) is 5.92 Å². The van der Waals surface area contributed by atoms with E-state index < -0.39 is 11.9 Å². The quantitative estimate of drug-likeness (QED) is 0.815. The lowest BCUT2D eigenvalue weighted by molar-refractivity contribution is -0.138. The molecule has 21 heavy (non-hydrogen) atoms. The zero-order chi connectivity index (χ0) is 16.0. The normalized spacial score (nSPS) is 23.2. The summed E-state index contributed by atoms with van der Waals surface area (Å²) in [5, 5.41) is 11.0. The fourth-order valence-electron chi connectivity index (χ4n) is 2.74. The summed E-state index contributed by atoms with van der Waals surface area (Å²) in [6, 6.07) is -0.201. The average molecular weight is 298 g/mol. The van der Waals surface area contributed by atoms with Crippen molar-refractivity contribution in [2.75, 3.05) is 7.05 Å². The Morgan fingerprint density at radius 1 is 1.19 bits per heavy atom. The molecule has 1 rings (SSSR count). The van der Waals surface area contributed by atoms with E-state index in [2.05, 4.69) is 12.2 Å². The molecule has 0 aromatic heterocycles. The van der Waals surface area contributed by atoms with Gasteiger partial charge in [-0.15, -0.1) is 0 Å². The van der Waals surface area contributed by atoms with Crippen LogP contribution in [-0.4, -0.2) is 41.0 Å². The van der Waals surface area contributed by atoms with Gasteiger partial charge in [-0.1, -0.05) is 13.8 Å². The molecule has 1 unspecified atom stereocenters. The van der Waals surface area contributed by atoms with E-state index in [1.165, 1.54) is 0 Å². The minimum absolute atomic E-state index is 0.0492. The van der Waals surface area contributed by atoms with Crippen LogP contribution >= 0.6 is 0 Å². The summed E-state index contributed by atoms with van der Waals surface area (Å²) < 4.78 is 0. The van der Waals surface area contributed by atoms with E-state index in [0.717, 1.165) is 25.7 Å². The van der Waals surface area contributed by atoms with Gasteiger partial charge in [0.25, 0.3) is 0 Å². The van der Waals surface area contributed by atoms with Crippen LogP contribution in [0, 0.1) is 11.8 Å². The first-order chi connectivity index (χ1) is 9.79. The van der Waals surface area contributed by atoms with Crippen LogP contribution in [0.5, 0.6) is 0 Å². The van der Waals surface area contributed by atoms with Gasteiger partial charge in [0, 0.05) is 25.9 Å². The molecule has 1 saturated carbocycles. The van der Waals surface area contributed by atoms with E-state index >= 15 is 0 Å². The summed E-state index contributed by atoms with van der Waals surface area (Å²) in [5.74, 6) is -0.924. The van der Waals surface area contributed by atoms with Gasteiger partial charge in [0.1, 0.15) is 0 Å². The molecule has 0 spiro atoms. The number of imide groups is 1. The molecular formula is C15H26N2O4. The second-order valence-corrected chi connectivity index (χ2v) is 6.29. The van der Waals surface area contributed by atoms with Gasteiger partial charge < -0.3 is 10.0 Å². The second-order valence-electron chi connectivity index (χ2n) is 6.29. The Kier molecular flexibility index (Phi) is 6.65. The van der Waals surface area contributed by atoms with Gasteiger partial charge in [-0.3, -0.25) is 14.9 Å². The maximum Gasteiger partial charge on any atom is 0.324 e. The van der Waals surface area contributed by atoms with Crippen LogP contribution in [0.4, 0.5) is 4.79 Å². The molecule has 0 aliphatic heterocycles. The second kappa shape index (κ2) is 8.00. The molecule has 6 heteroatoms. The molecule has 0 heterocycles. The van der Waals surface area contributed by atoms with Crippen LogP contribution in [-0.2, 0) is 9.59 Å². The van der Waals surface area contributed by atoms with E-state index in [1.807, 2.05) is 0 Å². The summed E-state index contributed by atoms with van der Waals surface area (Å²) in [5.41, 5.74) is 0. The highest BCUT2D eigenvalue weighted by molar-refractivity contribution is 5.94. The highest BCUT2D eigenvalue weighted by atomic mass is 16.4. The topological polar surface area (TPSA) is 86.7 Å². The van der Waals surface area contributed by atoms with Gasteiger partial charge >= 0.3 is 12.0 Å². The standard InChI is InChI=1S/C15H26N2O4/c1-10-4-6-12(7-5-10)17(3)15(21)16-13(18)8-11(2)9-14(19)20/h10-12H,4-9H2,1-3H3,(H,19,20)(H,16,18,21). The van der Waals surface area contributed by atoms with Crippen molar-refractivity contribution in [1.82, 2.24) is 10.2 Å². The minimum atomic E-state index is -0.935. The van der Waals surface area contributed by atoms with Gasteiger partial charge in [0.15, 0.2) is 0 Å². The third kappa shape index (κ3) is 6.14. The molecule has 120 valence electrons. The number of amides is 3. The van der Waals surface area contributed by atoms with Crippen LogP contribution in [0.3, 0.4) is 0 Å². The summed E-state index contributed by atoms with van der Waals surface area (Å²) >= 11 is 0. The zero-order valence-corrected chi connectivity index (χ0v) is 13.1. The number of hydrogen-bond donors (Lipinski definition) is 2. The maximum absolute atomic E-state index is 12.0. The highest BCUT2D eigenvalue weighted by Crippen LogP contribution is 2.26. The SMILES string of the molecule is CC1CCC(N(C)C(=O)NC(=O)CC(C)CC(=O)O)CC1. The number of carbonyl (C=O) groups excluding carboxylic acids is 2. The first-order valence-corrected chi connectivity index (χ1v) is 7.58. The van der Waals surface area contributed by atoms with Crippen molar-refractivity contribution in [3.8, 4) is 0 Å². The van der Waals surface area contributed by atoms with E-state index in [4.69, 9.17) is 5.11 Å². The minimum Gasteiger partial charge on any atom is -0.481 e. The van der Waals surface area contributed by atoms with Gasteiger partial charge in [0.2, 0.25) is 5.91 Å². The molecule has 0 aromatic carbocycles. The average Bonchev–Trinajstić information content (AvgIpc) is 2.37. The van der Waals surface area contributed by atoms with Gasteiger partial charge in [0.05, 0.1) is 0 Å². The summed E-state index contributed by atoms with van der Waals surface area (Å²) in [6.07, 6.45) is 4.12. The molecule has 1 atom stereocenters. The molecule has 0 radical (unpaired) electrons. The molecular weight excluding hydrogens is 272 g/mol. The molecule has 0 bridgehead atoms. The van der Waals surface area contributed by atoms with Gasteiger partial charge in [-0.25, -0.2) is 4.79 Å². The van der Waals surface area contributed by atoms with Crippen molar-refractivity contribution in [2.45, 2.75) is 58.4 Å². The summed E-state index contributed by atoms with van der Waals surface area (Å²) in [4.78, 5) is 35.9. The van der Waals surface area contributed by atoms with Crippen molar-refractivity contribution < 1.29 is 19.5 Å². The Morgan fingerprint density at radius 2 is 1.76 bits per heavy atom. The lowest BCUT2D eigenvalue weighted by Gasteiger charge is -2.33. The van der Waals surface area contributed by atoms with Crippen molar-refractivity contribution >= 4 is 17.9 Å². The van der Waals surface area contributed by atoms with E-state index in [9.17, 15) is 14.4 Å². The molecule has 1 fully saturated rings. The van der Waals surface area contributed by atoms with Crippen molar-refractivity contribution in [3.63, 3.8) is 0 Å². The molecule has 1 aliphatic carbocycles. The van der Waals surface area contributed by atoms with Crippen molar-refractivity contribution in [3.05, 3.63) is 0 Å². The monoisotopic (exact) mass is 298 g/mol. The largest absolute Gasteiger partial charge is 0.481 e. The fraction of sp³-hybridized carbons (Fsp3) is 0.800. The Labute approximate surface area is 125 Å². The number of hydrogen-bond acceptors (Lipinski definition) is 3. The van der Waals surface area contributed by atoms with E-state index in [-0.39, 0.29) is 30.8 Å². The molecule has 0 saturated heterocycles. The van der Waals surface area contributed by atoms with Crippen LogP contribution in [0.1, 0.15) is 52.4 Å². The Morgan fingerprint density at radius 3 is 2.29 bits per heavy atom. The predicted octanol–water partition coefficient (Wildman–Crippen LogP) is 2.23. The molecule has 3 amide bonds. The molecule has 1 aliphatic rings.